The Labute approximate surface area is 128 Å². The Morgan fingerprint density at radius 1 is 1.40 bits per heavy atom. The third-order valence-corrected chi connectivity index (χ3v) is 4.62. The molecule has 1 heterocycles. The fourth-order valence-electron chi connectivity index (χ4n) is 3.22. The molecule has 1 aromatic rings. The van der Waals surface area contributed by atoms with Crippen LogP contribution in [-0.4, -0.2) is 25.2 Å². The van der Waals surface area contributed by atoms with Gasteiger partial charge in [0.1, 0.15) is 0 Å². The van der Waals surface area contributed by atoms with Crippen LogP contribution in [0.4, 0.5) is 5.69 Å². The molecule has 2 atom stereocenters. The van der Waals surface area contributed by atoms with Crippen molar-refractivity contribution in [1.29, 1.82) is 0 Å². The molecule has 0 amide bonds. The van der Waals surface area contributed by atoms with Gasteiger partial charge in [-0.05, 0) is 30.9 Å². The highest BCUT2D eigenvalue weighted by molar-refractivity contribution is 6.33. The summed E-state index contributed by atoms with van der Waals surface area (Å²) in [5, 5.41) is 4.59. The molecule has 0 aliphatic carbocycles. The lowest BCUT2D eigenvalue weighted by atomic mass is 9.95. The molecule has 20 heavy (non-hydrogen) atoms. The van der Waals surface area contributed by atoms with E-state index in [0.29, 0.717) is 18.0 Å². The van der Waals surface area contributed by atoms with Crippen molar-refractivity contribution in [3.8, 4) is 0 Å². The summed E-state index contributed by atoms with van der Waals surface area (Å²) in [5.74, 6) is 0.612. The first-order valence-corrected chi connectivity index (χ1v) is 8.17. The number of hydrogen-bond acceptors (Lipinski definition) is 2. The van der Waals surface area contributed by atoms with Crippen LogP contribution >= 0.6 is 11.6 Å². The van der Waals surface area contributed by atoms with E-state index < -0.39 is 0 Å². The molecule has 0 aromatic heterocycles. The minimum Gasteiger partial charge on any atom is -0.364 e. The number of nitrogens with one attached hydrogen (secondary N) is 1. The van der Waals surface area contributed by atoms with Gasteiger partial charge in [0.15, 0.2) is 0 Å². The molecule has 0 spiro atoms. The topological polar surface area (TPSA) is 15.3 Å². The Morgan fingerprint density at radius 3 is 2.75 bits per heavy atom. The fourth-order valence-corrected chi connectivity index (χ4v) is 3.55. The summed E-state index contributed by atoms with van der Waals surface area (Å²) in [6, 6.07) is 7.30. The van der Waals surface area contributed by atoms with Crippen LogP contribution < -0.4 is 10.2 Å². The minimum absolute atomic E-state index is 0.515. The van der Waals surface area contributed by atoms with Crippen LogP contribution in [0.3, 0.4) is 0 Å². The fraction of sp³-hybridized carbons (Fsp3) is 0.647. The lowest BCUT2D eigenvalue weighted by molar-refractivity contribution is 0.327. The van der Waals surface area contributed by atoms with Crippen LogP contribution in [0.5, 0.6) is 0 Å². The van der Waals surface area contributed by atoms with E-state index in [9.17, 15) is 0 Å². The lowest BCUT2D eigenvalue weighted by Gasteiger charge is -2.45. The predicted molar refractivity (Wildman–Crippen MR) is 88.9 cm³/mol. The average molecular weight is 295 g/mol. The van der Waals surface area contributed by atoms with Crippen molar-refractivity contribution in [1.82, 2.24) is 5.32 Å². The molecule has 3 heteroatoms. The molecule has 2 nitrogen and oxygen atoms in total. The van der Waals surface area contributed by atoms with Crippen LogP contribution in [0.2, 0.25) is 5.02 Å². The summed E-state index contributed by atoms with van der Waals surface area (Å²) in [5.41, 5.74) is 2.51. The smallest absolute Gasteiger partial charge is 0.0642 e. The molecule has 1 N–H and O–H groups in total. The molecular weight excluding hydrogens is 268 g/mol. The minimum atomic E-state index is 0.515. The zero-order valence-electron chi connectivity index (χ0n) is 13.1. The van der Waals surface area contributed by atoms with Gasteiger partial charge < -0.3 is 10.2 Å². The van der Waals surface area contributed by atoms with E-state index in [1.165, 1.54) is 24.1 Å². The van der Waals surface area contributed by atoms with Crippen molar-refractivity contribution < 1.29 is 0 Å². The van der Waals surface area contributed by atoms with Gasteiger partial charge in [-0.25, -0.2) is 0 Å². The van der Waals surface area contributed by atoms with Crippen molar-refractivity contribution in [3.63, 3.8) is 0 Å². The van der Waals surface area contributed by atoms with Crippen molar-refractivity contribution in [3.05, 3.63) is 28.8 Å². The highest BCUT2D eigenvalue weighted by atomic mass is 35.5. The number of benzene rings is 1. The highest BCUT2D eigenvalue weighted by Gasteiger charge is 2.31. The molecule has 0 bridgehead atoms. The van der Waals surface area contributed by atoms with Crippen LogP contribution in [0.1, 0.15) is 39.2 Å². The zero-order valence-corrected chi connectivity index (χ0v) is 13.9. The van der Waals surface area contributed by atoms with Crippen molar-refractivity contribution in [2.75, 3.05) is 18.0 Å². The van der Waals surface area contributed by atoms with Crippen molar-refractivity contribution in [2.24, 2.45) is 5.92 Å². The van der Waals surface area contributed by atoms with E-state index in [-0.39, 0.29) is 0 Å². The molecule has 1 aliphatic heterocycles. The highest BCUT2D eigenvalue weighted by Crippen LogP contribution is 2.33. The van der Waals surface area contributed by atoms with Gasteiger partial charge in [-0.15, -0.1) is 0 Å². The maximum atomic E-state index is 6.50. The number of anilines is 1. The summed E-state index contributed by atoms with van der Waals surface area (Å²) in [6.07, 6.45) is 2.45. The van der Waals surface area contributed by atoms with Crippen LogP contribution in [0, 0.1) is 12.8 Å². The number of piperazine rings is 1. The Kier molecular flexibility index (Phi) is 5.34. The summed E-state index contributed by atoms with van der Waals surface area (Å²) in [6.45, 7) is 11.1. The van der Waals surface area contributed by atoms with Crippen LogP contribution in [0.15, 0.2) is 18.2 Å². The Bertz CT molecular complexity index is 424. The van der Waals surface area contributed by atoms with Gasteiger partial charge in [0.05, 0.1) is 10.7 Å². The van der Waals surface area contributed by atoms with Crippen molar-refractivity contribution >= 4 is 17.3 Å². The summed E-state index contributed by atoms with van der Waals surface area (Å²) in [7, 11) is 0. The van der Waals surface area contributed by atoms with Crippen LogP contribution in [0.25, 0.3) is 0 Å². The molecule has 112 valence electrons. The van der Waals surface area contributed by atoms with E-state index in [0.717, 1.165) is 18.1 Å². The Balaban J connectivity index is 2.31. The summed E-state index contributed by atoms with van der Waals surface area (Å²) < 4.78 is 0. The maximum absolute atomic E-state index is 6.50. The number of hydrogen-bond donors (Lipinski definition) is 1. The van der Waals surface area contributed by atoms with Crippen molar-refractivity contribution in [2.45, 2.75) is 52.6 Å². The first-order chi connectivity index (χ1) is 9.54. The standard InChI is InChI=1S/C17H27ClN2/c1-5-7-14-11-20(16(10-19-14)12(2)3)17-13(4)8-6-9-15(17)18/h6,8-9,12,14,16,19H,5,7,10-11H2,1-4H3. The summed E-state index contributed by atoms with van der Waals surface area (Å²) in [4.78, 5) is 2.54. The van der Waals surface area contributed by atoms with Gasteiger partial charge in [0.2, 0.25) is 0 Å². The lowest BCUT2D eigenvalue weighted by Crippen LogP contribution is -2.58. The van der Waals surface area contributed by atoms with E-state index in [1.807, 2.05) is 12.1 Å². The van der Waals surface area contributed by atoms with Gasteiger partial charge >= 0.3 is 0 Å². The van der Waals surface area contributed by atoms with Gasteiger partial charge in [-0.2, -0.15) is 0 Å². The molecule has 2 unspecified atom stereocenters. The van der Waals surface area contributed by atoms with Crippen LogP contribution in [-0.2, 0) is 0 Å². The number of aryl methyl sites for hydroxylation is 1. The largest absolute Gasteiger partial charge is 0.364 e. The third kappa shape index (κ3) is 3.29. The first kappa shape index (κ1) is 15.7. The molecule has 2 rings (SSSR count). The van der Waals surface area contributed by atoms with Gasteiger partial charge in [-0.1, -0.05) is 50.9 Å². The Morgan fingerprint density at radius 2 is 2.15 bits per heavy atom. The van der Waals surface area contributed by atoms with E-state index in [2.05, 4.69) is 44.0 Å². The number of rotatable bonds is 4. The zero-order chi connectivity index (χ0) is 14.7. The monoisotopic (exact) mass is 294 g/mol. The van der Waals surface area contributed by atoms with Gasteiger partial charge in [0.25, 0.3) is 0 Å². The second-order valence-electron chi connectivity index (χ2n) is 6.26. The van der Waals surface area contributed by atoms with E-state index in [1.54, 1.807) is 0 Å². The normalized spacial score (nSPS) is 23.4. The molecule has 1 saturated heterocycles. The molecular formula is C17H27ClN2. The predicted octanol–water partition coefficient (Wildman–Crippen LogP) is 4.25. The molecule has 0 radical (unpaired) electrons. The quantitative estimate of drug-likeness (QED) is 0.893. The number of para-hydroxylation sites is 1. The SMILES string of the molecule is CCCC1CN(c2c(C)cccc2Cl)C(C(C)C)CN1. The maximum Gasteiger partial charge on any atom is 0.0642 e. The average Bonchev–Trinajstić information content (AvgIpc) is 2.39. The van der Waals surface area contributed by atoms with E-state index in [4.69, 9.17) is 11.6 Å². The molecule has 1 fully saturated rings. The Hall–Kier alpha value is -0.730. The van der Waals surface area contributed by atoms with Gasteiger partial charge in [0, 0.05) is 25.2 Å². The molecule has 0 saturated carbocycles. The second kappa shape index (κ2) is 6.82. The van der Waals surface area contributed by atoms with E-state index >= 15 is 0 Å². The number of nitrogens with zero attached hydrogens (tertiary/aromatic N) is 1. The van der Waals surface area contributed by atoms with Gasteiger partial charge in [-0.3, -0.25) is 0 Å². The summed E-state index contributed by atoms with van der Waals surface area (Å²) >= 11 is 6.50. The molecule has 1 aromatic carbocycles. The third-order valence-electron chi connectivity index (χ3n) is 4.32. The number of halogens is 1. The first-order valence-electron chi connectivity index (χ1n) is 7.79. The second-order valence-corrected chi connectivity index (χ2v) is 6.67. The molecule has 1 aliphatic rings.